The first-order valence-electron chi connectivity index (χ1n) is 8.17. The second kappa shape index (κ2) is 8.34. The Balaban J connectivity index is 1.83. The molecule has 1 fully saturated rings. The summed E-state index contributed by atoms with van der Waals surface area (Å²) >= 11 is 0. The number of alkyl halides is 3. The minimum atomic E-state index is -4.58. The molecule has 0 spiro atoms. The summed E-state index contributed by atoms with van der Waals surface area (Å²) in [7, 11) is -1.76. The molecular weight excluding hydrogens is 389 g/mol. The van der Waals surface area contributed by atoms with E-state index in [-0.39, 0.29) is 18.1 Å². The van der Waals surface area contributed by atoms with Crippen molar-refractivity contribution in [2.75, 3.05) is 31.7 Å². The fraction of sp³-hybridized carbons (Fsp3) is 0.562. The zero-order valence-corrected chi connectivity index (χ0v) is 15.4. The van der Waals surface area contributed by atoms with E-state index in [2.05, 4.69) is 5.32 Å². The third-order valence-corrected chi connectivity index (χ3v) is 5.78. The van der Waals surface area contributed by atoms with Gasteiger partial charge in [-0.05, 0) is 18.6 Å². The van der Waals surface area contributed by atoms with Crippen LogP contribution in [0.25, 0.3) is 0 Å². The van der Waals surface area contributed by atoms with Gasteiger partial charge < -0.3 is 20.1 Å². The zero-order valence-electron chi connectivity index (χ0n) is 14.6. The molecule has 2 rings (SSSR count). The number of nitrogens with zero attached hydrogens (tertiary/aromatic N) is 1. The second-order valence-corrected chi connectivity index (χ2v) is 8.62. The molecule has 2 N–H and O–H groups in total. The van der Waals surface area contributed by atoms with Gasteiger partial charge >= 0.3 is 12.2 Å². The van der Waals surface area contributed by atoms with Gasteiger partial charge in [0.25, 0.3) is 0 Å². The van der Waals surface area contributed by atoms with Crippen molar-refractivity contribution in [3.05, 3.63) is 29.8 Å². The average molecular weight is 410 g/mol. The van der Waals surface area contributed by atoms with Gasteiger partial charge in [-0.2, -0.15) is 13.2 Å². The highest BCUT2D eigenvalue weighted by Gasteiger charge is 2.34. The van der Waals surface area contributed by atoms with Crippen LogP contribution in [0.15, 0.2) is 24.3 Å². The van der Waals surface area contributed by atoms with Gasteiger partial charge in [0, 0.05) is 13.1 Å². The number of aliphatic hydroxyl groups is 1. The summed E-state index contributed by atoms with van der Waals surface area (Å²) in [6.07, 6.45) is -5.49. The molecule has 27 heavy (non-hydrogen) atoms. The molecule has 2 atom stereocenters. The Kier molecular flexibility index (Phi) is 6.58. The first-order chi connectivity index (χ1) is 12.5. The molecular formula is C16H21F3N2O5S. The van der Waals surface area contributed by atoms with E-state index in [0.29, 0.717) is 6.42 Å². The highest BCUT2D eigenvalue weighted by atomic mass is 32.2. The molecule has 2 amide bonds. The number of hydrogen-bond acceptors (Lipinski definition) is 5. The summed E-state index contributed by atoms with van der Waals surface area (Å²) in [5.41, 5.74) is -0.953. The van der Waals surface area contributed by atoms with Crippen molar-refractivity contribution in [2.45, 2.75) is 24.7 Å². The van der Waals surface area contributed by atoms with Crippen LogP contribution < -0.4 is 10.1 Å². The minimum absolute atomic E-state index is 0.0107. The maximum atomic E-state index is 12.9. The fourth-order valence-corrected chi connectivity index (χ4v) is 4.33. The number of carbonyl (C=O) groups excluding carboxylic acids is 1. The van der Waals surface area contributed by atoms with Crippen molar-refractivity contribution in [1.29, 1.82) is 0 Å². The number of para-hydroxylation sites is 1. The number of ether oxygens (including phenoxy) is 1. The summed E-state index contributed by atoms with van der Waals surface area (Å²) in [6.45, 7) is -0.637. The topological polar surface area (TPSA) is 95.9 Å². The Morgan fingerprint density at radius 1 is 1.41 bits per heavy atom. The number of benzene rings is 1. The Hall–Kier alpha value is -2.01. The van der Waals surface area contributed by atoms with Crippen LogP contribution in [-0.4, -0.2) is 68.3 Å². The van der Waals surface area contributed by atoms with Crippen LogP contribution in [0, 0.1) is 0 Å². The van der Waals surface area contributed by atoms with Gasteiger partial charge in [0.05, 0.1) is 23.6 Å². The number of likely N-dealkylation sites (N-methyl/N-ethyl adjacent to an activating group) is 1. The van der Waals surface area contributed by atoms with Crippen LogP contribution in [0.2, 0.25) is 0 Å². The highest BCUT2D eigenvalue weighted by Crippen LogP contribution is 2.35. The molecule has 1 aliphatic rings. The van der Waals surface area contributed by atoms with Crippen molar-refractivity contribution < 1.29 is 36.2 Å². The molecule has 1 aromatic rings. The van der Waals surface area contributed by atoms with Gasteiger partial charge in [-0.3, -0.25) is 0 Å². The van der Waals surface area contributed by atoms with E-state index >= 15 is 0 Å². The third-order valence-electron chi connectivity index (χ3n) is 4.02. The Morgan fingerprint density at radius 3 is 2.67 bits per heavy atom. The molecule has 0 saturated carbocycles. The number of rotatable bonds is 6. The largest absolute Gasteiger partial charge is 0.490 e. The van der Waals surface area contributed by atoms with E-state index in [4.69, 9.17) is 4.74 Å². The number of hydrogen-bond donors (Lipinski definition) is 2. The lowest BCUT2D eigenvalue weighted by Crippen LogP contribution is -2.46. The quantitative estimate of drug-likeness (QED) is 0.737. The van der Waals surface area contributed by atoms with E-state index in [1.54, 1.807) is 0 Å². The second-order valence-electron chi connectivity index (χ2n) is 6.39. The Morgan fingerprint density at radius 2 is 2.07 bits per heavy atom. The summed E-state index contributed by atoms with van der Waals surface area (Å²) in [5.74, 6) is -0.532. The molecule has 7 nitrogen and oxygen atoms in total. The van der Waals surface area contributed by atoms with E-state index in [0.717, 1.165) is 17.0 Å². The van der Waals surface area contributed by atoms with Gasteiger partial charge in [0.1, 0.15) is 18.5 Å². The number of nitrogens with one attached hydrogen (secondary N) is 1. The molecule has 0 bridgehead atoms. The lowest BCUT2D eigenvalue weighted by atomic mass is 10.2. The van der Waals surface area contributed by atoms with E-state index < -0.39 is 52.1 Å². The number of urea groups is 1. The van der Waals surface area contributed by atoms with Gasteiger partial charge in [0.15, 0.2) is 9.84 Å². The minimum Gasteiger partial charge on any atom is -0.490 e. The molecule has 2 unspecified atom stereocenters. The molecule has 1 saturated heterocycles. The zero-order chi connectivity index (χ0) is 20.2. The average Bonchev–Trinajstić information content (AvgIpc) is 2.90. The summed E-state index contributed by atoms with van der Waals surface area (Å²) in [6, 6.07) is 3.56. The number of amides is 2. The number of aliphatic hydroxyl groups excluding tert-OH is 1. The predicted octanol–water partition coefficient (Wildman–Crippen LogP) is 1.27. The van der Waals surface area contributed by atoms with Gasteiger partial charge in [-0.1, -0.05) is 12.1 Å². The van der Waals surface area contributed by atoms with Gasteiger partial charge in [0.2, 0.25) is 0 Å². The van der Waals surface area contributed by atoms with Crippen molar-refractivity contribution in [3.63, 3.8) is 0 Å². The van der Waals surface area contributed by atoms with Crippen LogP contribution in [-0.2, 0) is 16.0 Å². The molecule has 0 radical (unpaired) electrons. The monoisotopic (exact) mass is 410 g/mol. The summed E-state index contributed by atoms with van der Waals surface area (Å²) in [5, 5.41) is 12.5. The number of carbonyl (C=O) groups is 1. The van der Waals surface area contributed by atoms with Crippen LogP contribution in [0.1, 0.15) is 12.0 Å². The normalized spacial score (nSPS) is 20.1. The van der Waals surface area contributed by atoms with Crippen molar-refractivity contribution in [3.8, 4) is 5.75 Å². The first kappa shape index (κ1) is 21.3. The van der Waals surface area contributed by atoms with E-state index in [1.165, 1.54) is 19.2 Å². The number of halogens is 3. The maximum Gasteiger partial charge on any atom is 0.419 e. The molecule has 1 aromatic carbocycles. The van der Waals surface area contributed by atoms with Crippen LogP contribution in [0.5, 0.6) is 5.75 Å². The molecule has 152 valence electrons. The first-order valence-corrected chi connectivity index (χ1v) is 9.99. The lowest BCUT2D eigenvalue weighted by Gasteiger charge is -2.23. The summed E-state index contributed by atoms with van der Waals surface area (Å²) in [4.78, 5) is 13.1. The standard InChI is InChI=1S/C16H21F3N2O5S/c1-21(15(23)20-11-6-7-27(24,25)10-11)8-12(22)9-26-14-5-3-2-4-13(14)16(17,18)19/h2-5,11-12,22H,6-10H2,1H3,(H,20,23). The SMILES string of the molecule is CN(CC(O)COc1ccccc1C(F)(F)F)C(=O)NC1CCS(=O)(=O)C1. The fourth-order valence-electron chi connectivity index (χ4n) is 2.66. The van der Waals surface area contributed by atoms with Crippen molar-refractivity contribution in [2.24, 2.45) is 0 Å². The summed E-state index contributed by atoms with van der Waals surface area (Å²) < 4.78 is 66.5. The number of sulfone groups is 1. The van der Waals surface area contributed by atoms with Crippen molar-refractivity contribution in [1.82, 2.24) is 10.2 Å². The molecule has 1 heterocycles. The Bertz CT molecular complexity index is 770. The van der Waals surface area contributed by atoms with Crippen LogP contribution in [0.3, 0.4) is 0 Å². The molecule has 0 aliphatic carbocycles. The molecule has 11 heteroatoms. The molecule has 0 aromatic heterocycles. The smallest absolute Gasteiger partial charge is 0.419 e. The van der Waals surface area contributed by atoms with E-state index in [1.807, 2.05) is 0 Å². The van der Waals surface area contributed by atoms with Gasteiger partial charge in [-0.15, -0.1) is 0 Å². The predicted molar refractivity (Wildman–Crippen MR) is 91.2 cm³/mol. The van der Waals surface area contributed by atoms with E-state index in [9.17, 15) is 31.5 Å². The molecule has 1 aliphatic heterocycles. The Labute approximate surface area is 155 Å². The van der Waals surface area contributed by atoms with Crippen LogP contribution >= 0.6 is 0 Å². The highest BCUT2D eigenvalue weighted by molar-refractivity contribution is 7.91. The van der Waals surface area contributed by atoms with Gasteiger partial charge in [-0.25, -0.2) is 13.2 Å². The van der Waals surface area contributed by atoms with Crippen molar-refractivity contribution >= 4 is 15.9 Å². The van der Waals surface area contributed by atoms with Crippen LogP contribution in [0.4, 0.5) is 18.0 Å². The lowest BCUT2D eigenvalue weighted by molar-refractivity contribution is -0.139. The maximum absolute atomic E-state index is 12.9. The third kappa shape index (κ3) is 6.28.